The second-order valence-corrected chi connectivity index (χ2v) is 5.22. The maximum absolute atomic E-state index is 12.0. The lowest BCUT2D eigenvalue weighted by Gasteiger charge is -2.06. The van der Waals surface area contributed by atoms with E-state index in [2.05, 4.69) is 33.3 Å². The van der Waals surface area contributed by atoms with Crippen LogP contribution in [0.1, 0.15) is 31.0 Å². The molecule has 0 bridgehead atoms. The summed E-state index contributed by atoms with van der Waals surface area (Å²) in [6.45, 7) is 4.73. The van der Waals surface area contributed by atoms with Crippen LogP contribution in [0, 0.1) is 0 Å². The summed E-state index contributed by atoms with van der Waals surface area (Å²) < 4.78 is 7.95. The molecule has 2 aromatic rings. The van der Waals surface area contributed by atoms with Crippen LogP contribution in [0.15, 0.2) is 27.3 Å². The highest BCUT2D eigenvalue weighted by atomic mass is 79.9. The number of nitrogens with zero attached hydrogens (tertiary/aromatic N) is 2. The largest absolute Gasteiger partial charge is 0.467 e. The van der Waals surface area contributed by atoms with Crippen molar-refractivity contribution in [3.8, 4) is 0 Å². The van der Waals surface area contributed by atoms with Crippen molar-refractivity contribution >= 4 is 21.8 Å². The Labute approximate surface area is 126 Å². The second kappa shape index (κ2) is 6.74. The standard InChI is InChI=1S/C14H18BrN3O2/c1-3-11-14(15)12(4-2)18(17-11)9-13(19)16-8-10-6-5-7-20-10/h5-7H,3-4,8-9H2,1-2H3,(H,16,19). The molecule has 0 spiro atoms. The van der Waals surface area contributed by atoms with Gasteiger partial charge in [-0.15, -0.1) is 0 Å². The van der Waals surface area contributed by atoms with Crippen LogP contribution < -0.4 is 5.32 Å². The van der Waals surface area contributed by atoms with E-state index in [-0.39, 0.29) is 12.5 Å². The molecule has 0 saturated carbocycles. The molecule has 0 radical (unpaired) electrons. The molecular weight excluding hydrogens is 322 g/mol. The van der Waals surface area contributed by atoms with Gasteiger partial charge in [-0.3, -0.25) is 9.48 Å². The van der Waals surface area contributed by atoms with E-state index in [0.29, 0.717) is 6.54 Å². The molecule has 2 heterocycles. The van der Waals surface area contributed by atoms with Crippen molar-refractivity contribution in [3.05, 3.63) is 40.0 Å². The van der Waals surface area contributed by atoms with E-state index >= 15 is 0 Å². The van der Waals surface area contributed by atoms with Gasteiger partial charge in [-0.25, -0.2) is 0 Å². The molecule has 0 aliphatic rings. The van der Waals surface area contributed by atoms with E-state index < -0.39 is 0 Å². The third-order valence-corrected chi connectivity index (χ3v) is 3.98. The number of halogens is 1. The van der Waals surface area contributed by atoms with Gasteiger partial charge in [0, 0.05) is 0 Å². The van der Waals surface area contributed by atoms with Gasteiger partial charge in [0.1, 0.15) is 12.3 Å². The fourth-order valence-electron chi connectivity index (χ4n) is 2.02. The summed E-state index contributed by atoms with van der Waals surface area (Å²) in [6, 6.07) is 3.63. The highest BCUT2D eigenvalue weighted by Gasteiger charge is 2.15. The average molecular weight is 340 g/mol. The normalized spacial score (nSPS) is 10.8. The summed E-state index contributed by atoms with van der Waals surface area (Å²) in [4.78, 5) is 12.0. The Hall–Kier alpha value is -1.56. The first-order chi connectivity index (χ1) is 9.65. The van der Waals surface area contributed by atoms with Gasteiger partial charge in [0.2, 0.25) is 5.91 Å². The van der Waals surface area contributed by atoms with Crippen molar-refractivity contribution in [2.24, 2.45) is 0 Å². The van der Waals surface area contributed by atoms with E-state index in [4.69, 9.17) is 4.42 Å². The van der Waals surface area contributed by atoms with Gasteiger partial charge in [-0.05, 0) is 40.9 Å². The lowest BCUT2D eigenvalue weighted by molar-refractivity contribution is -0.122. The third kappa shape index (κ3) is 3.30. The first-order valence-electron chi connectivity index (χ1n) is 6.68. The van der Waals surface area contributed by atoms with Gasteiger partial charge >= 0.3 is 0 Å². The summed E-state index contributed by atoms with van der Waals surface area (Å²) in [6.07, 6.45) is 3.27. The third-order valence-electron chi connectivity index (χ3n) is 3.06. The number of hydrogen-bond donors (Lipinski definition) is 1. The van der Waals surface area contributed by atoms with Crippen molar-refractivity contribution in [3.63, 3.8) is 0 Å². The molecule has 1 amide bonds. The number of aromatic nitrogens is 2. The number of hydrogen-bond acceptors (Lipinski definition) is 3. The lowest BCUT2D eigenvalue weighted by Crippen LogP contribution is -2.28. The van der Waals surface area contributed by atoms with Crippen LogP contribution in [0.5, 0.6) is 0 Å². The zero-order chi connectivity index (χ0) is 14.5. The van der Waals surface area contributed by atoms with E-state index in [1.807, 2.05) is 13.0 Å². The summed E-state index contributed by atoms with van der Waals surface area (Å²) >= 11 is 3.55. The number of aryl methyl sites for hydroxylation is 1. The first kappa shape index (κ1) is 14.8. The van der Waals surface area contributed by atoms with Crippen LogP contribution in [-0.4, -0.2) is 15.7 Å². The van der Waals surface area contributed by atoms with Crippen LogP contribution in [0.4, 0.5) is 0 Å². The van der Waals surface area contributed by atoms with Gasteiger partial charge < -0.3 is 9.73 Å². The molecule has 20 heavy (non-hydrogen) atoms. The first-order valence-corrected chi connectivity index (χ1v) is 7.48. The minimum absolute atomic E-state index is 0.0752. The van der Waals surface area contributed by atoms with Crippen molar-refractivity contribution in [2.75, 3.05) is 0 Å². The van der Waals surface area contributed by atoms with Crippen LogP contribution in [0.25, 0.3) is 0 Å². The number of furan rings is 1. The van der Waals surface area contributed by atoms with Crippen LogP contribution >= 0.6 is 15.9 Å². The molecule has 0 aliphatic heterocycles. The molecule has 5 nitrogen and oxygen atoms in total. The van der Waals surface area contributed by atoms with E-state index in [0.717, 1.165) is 34.5 Å². The topological polar surface area (TPSA) is 60.1 Å². The molecule has 108 valence electrons. The summed E-state index contributed by atoms with van der Waals surface area (Å²) in [5.74, 6) is 0.665. The van der Waals surface area contributed by atoms with Gasteiger partial charge in [-0.2, -0.15) is 5.10 Å². The Morgan fingerprint density at radius 3 is 2.85 bits per heavy atom. The van der Waals surface area contributed by atoms with E-state index in [1.54, 1.807) is 17.0 Å². The average Bonchev–Trinajstić information content (AvgIpc) is 3.04. The van der Waals surface area contributed by atoms with E-state index in [9.17, 15) is 4.79 Å². The predicted octanol–water partition coefficient (Wildman–Crippen LogP) is 2.68. The molecule has 0 atom stereocenters. The fraction of sp³-hybridized carbons (Fsp3) is 0.429. The Morgan fingerprint density at radius 1 is 1.45 bits per heavy atom. The van der Waals surface area contributed by atoms with Crippen molar-refractivity contribution < 1.29 is 9.21 Å². The minimum Gasteiger partial charge on any atom is -0.467 e. The summed E-state index contributed by atoms with van der Waals surface area (Å²) in [5, 5.41) is 7.29. The maximum Gasteiger partial charge on any atom is 0.242 e. The summed E-state index contributed by atoms with van der Waals surface area (Å²) in [5.41, 5.74) is 2.04. The van der Waals surface area contributed by atoms with Crippen LogP contribution in [0.3, 0.4) is 0 Å². The molecule has 0 aromatic carbocycles. The van der Waals surface area contributed by atoms with Crippen LogP contribution in [0.2, 0.25) is 0 Å². The highest BCUT2D eigenvalue weighted by Crippen LogP contribution is 2.22. The Bertz CT molecular complexity index is 576. The molecule has 2 aromatic heterocycles. The predicted molar refractivity (Wildman–Crippen MR) is 79.2 cm³/mol. The van der Waals surface area contributed by atoms with Gasteiger partial charge in [0.15, 0.2) is 0 Å². The monoisotopic (exact) mass is 339 g/mol. The molecule has 6 heteroatoms. The smallest absolute Gasteiger partial charge is 0.242 e. The van der Waals surface area contributed by atoms with Gasteiger partial charge in [0.05, 0.1) is 28.7 Å². The fourth-order valence-corrected chi connectivity index (χ4v) is 2.86. The van der Waals surface area contributed by atoms with Crippen molar-refractivity contribution in [1.82, 2.24) is 15.1 Å². The molecule has 0 saturated heterocycles. The van der Waals surface area contributed by atoms with Gasteiger partial charge in [0.25, 0.3) is 0 Å². The zero-order valence-corrected chi connectivity index (χ0v) is 13.2. The highest BCUT2D eigenvalue weighted by molar-refractivity contribution is 9.10. The molecular formula is C14H18BrN3O2. The lowest BCUT2D eigenvalue weighted by atomic mass is 10.2. The van der Waals surface area contributed by atoms with E-state index in [1.165, 1.54) is 0 Å². The zero-order valence-electron chi connectivity index (χ0n) is 11.6. The summed E-state index contributed by atoms with van der Waals surface area (Å²) in [7, 11) is 0. The molecule has 0 unspecified atom stereocenters. The van der Waals surface area contributed by atoms with Gasteiger partial charge in [-0.1, -0.05) is 13.8 Å². The number of carbonyl (C=O) groups excluding carboxylic acids is 1. The number of rotatable bonds is 6. The number of nitrogens with one attached hydrogen (secondary N) is 1. The Balaban J connectivity index is 2.00. The quantitative estimate of drug-likeness (QED) is 0.880. The SMILES string of the molecule is CCc1nn(CC(=O)NCc2ccco2)c(CC)c1Br. The Kier molecular flexibility index (Phi) is 5.00. The van der Waals surface area contributed by atoms with Crippen LogP contribution in [-0.2, 0) is 30.7 Å². The molecule has 0 aliphatic carbocycles. The Morgan fingerprint density at radius 2 is 2.25 bits per heavy atom. The molecule has 2 rings (SSSR count). The van der Waals surface area contributed by atoms with Crippen molar-refractivity contribution in [2.45, 2.75) is 39.8 Å². The second-order valence-electron chi connectivity index (χ2n) is 4.43. The number of amides is 1. The molecule has 0 fully saturated rings. The maximum atomic E-state index is 12.0. The number of carbonyl (C=O) groups is 1. The van der Waals surface area contributed by atoms with Crippen molar-refractivity contribution in [1.29, 1.82) is 0 Å². The molecule has 1 N–H and O–H groups in total. The minimum atomic E-state index is -0.0752.